The summed E-state index contributed by atoms with van der Waals surface area (Å²) in [6.45, 7) is 1.86. The maximum absolute atomic E-state index is 13.5. The van der Waals surface area contributed by atoms with Gasteiger partial charge >= 0.3 is 0 Å². The fourth-order valence-electron chi connectivity index (χ4n) is 1.86. The average molecular weight is 290 g/mol. The van der Waals surface area contributed by atoms with E-state index in [0.717, 1.165) is 11.3 Å². The number of Topliss-reactive ketones (excluding diaryl/α,β-unsaturated/α-hetero) is 1. The molecule has 0 N–H and O–H groups in total. The van der Waals surface area contributed by atoms with Gasteiger partial charge in [0.15, 0.2) is 5.78 Å². The highest BCUT2D eigenvalue weighted by Gasteiger charge is 2.11. The first-order valence-electron chi connectivity index (χ1n) is 6.17. The van der Waals surface area contributed by atoms with Crippen LogP contribution in [-0.4, -0.2) is 18.6 Å². The SMILES string of the molecule is COc1ccc(C(=O)CSc2ccccc2F)c(C)c1. The molecule has 0 saturated heterocycles. The van der Waals surface area contributed by atoms with Crippen LogP contribution in [0.4, 0.5) is 4.39 Å². The van der Waals surface area contributed by atoms with Gasteiger partial charge in [-0.15, -0.1) is 11.8 Å². The van der Waals surface area contributed by atoms with Crippen molar-refractivity contribution in [1.82, 2.24) is 0 Å². The predicted octanol–water partition coefficient (Wildman–Crippen LogP) is 4.12. The summed E-state index contributed by atoms with van der Waals surface area (Å²) in [5.74, 6) is 0.629. The minimum Gasteiger partial charge on any atom is -0.497 e. The highest BCUT2D eigenvalue weighted by atomic mass is 32.2. The number of ether oxygens (including phenoxy) is 1. The van der Waals surface area contributed by atoms with Gasteiger partial charge in [-0.05, 0) is 42.8 Å². The summed E-state index contributed by atoms with van der Waals surface area (Å²) < 4.78 is 18.6. The first-order chi connectivity index (χ1) is 9.61. The third kappa shape index (κ3) is 3.39. The molecule has 20 heavy (non-hydrogen) atoms. The third-order valence-corrected chi connectivity index (χ3v) is 3.98. The van der Waals surface area contributed by atoms with Crippen LogP contribution in [0.3, 0.4) is 0 Å². The molecule has 0 saturated carbocycles. The fourth-order valence-corrected chi connectivity index (χ4v) is 2.68. The molecule has 0 fully saturated rings. The lowest BCUT2D eigenvalue weighted by atomic mass is 10.1. The Labute approximate surface area is 122 Å². The molecule has 0 amide bonds. The summed E-state index contributed by atoms with van der Waals surface area (Å²) in [6.07, 6.45) is 0. The van der Waals surface area contributed by atoms with E-state index in [0.29, 0.717) is 10.5 Å². The topological polar surface area (TPSA) is 26.3 Å². The average Bonchev–Trinajstić information content (AvgIpc) is 2.46. The second-order valence-corrected chi connectivity index (χ2v) is 5.34. The van der Waals surface area contributed by atoms with Crippen molar-refractivity contribution in [2.24, 2.45) is 0 Å². The molecule has 0 heterocycles. The Kier molecular flexibility index (Phi) is 4.79. The third-order valence-electron chi connectivity index (χ3n) is 2.93. The quantitative estimate of drug-likeness (QED) is 0.612. The maximum Gasteiger partial charge on any atom is 0.173 e. The van der Waals surface area contributed by atoms with Crippen LogP contribution in [0.1, 0.15) is 15.9 Å². The lowest BCUT2D eigenvalue weighted by Gasteiger charge is -2.07. The van der Waals surface area contributed by atoms with E-state index in [2.05, 4.69) is 0 Å². The molecule has 0 spiro atoms. The monoisotopic (exact) mass is 290 g/mol. The van der Waals surface area contributed by atoms with Gasteiger partial charge in [0, 0.05) is 10.5 Å². The van der Waals surface area contributed by atoms with E-state index in [1.807, 2.05) is 13.0 Å². The van der Waals surface area contributed by atoms with Crippen molar-refractivity contribution in [3.05, 3.63) is 59.4 Å². The van der Waals surface area contributed by atoms with Crippen LogP contribution in [-0.2, 0) is 0 Å². The highest BCUT2D eigenvalue weighted by molar-refractivity contribution is 8.00. The molecule has 0 radical (unpaired) electrons. The summed E-state index contributed by atoms with van der Waals surface area (Å²) in [7, 11) is 1.59. The highest BCUT2D eigenvalue weighted by Crippen LogP contribution is 2.24. The molecule has 0 aromatic heterocycles. The Balaban J connectivity index is 2.07. The Morgan fingerprint density at radius 2 is 2.00 bits per heavy atom. The minimum absolute atomic E-state index is 0.0154. The number of aryl methyl sites for hydroxylation is 1. The summed E-state index contributed by atoms with van der Waals surface area (Å²) in [4.78, 5) is 12.7. The summed E-state index contributed by atoms with van der Waals surface area (Å²) in [6, 6.07) is 11.8. The smallest absolute Gasteiger partial charge is 0.173 e. The van der Waals surface area contributed by atoms with Gasteiger partial charge in [0.1, 0.15) is 11.6 Å². The number of rotatable bonds is 5. The molecule has 0 bridgehead atoms. The van der Waals surface area contributed by atoms with E-state index in [1.165, 1.54) is 17.8 Å². The van der Waals surface area contributed by atoms with Gasteiger partial charge in [0.25, 0.3) is 0 Å². The number of halogens is 1. The van der Waals surface area contributed by atoms with Gasteiger partial charge in [0.05, 0.1) is 12.9 Å². The van der Waals surface area contributed by atoms with Gasteiger partial charge < -0.3 is 4.74 Å². The number of benzene rings is 2. The van der Waals surface area contributed by atoms with Crippen molar-refractivity contribution in [2.45, 2.75) is 11.8 Å². The molecule has 0 atom stereocenters. The molecule has 0 unspecified atom stereocenters. The second-order valence-electron chi connectivity index (χ2n) is 4.32. The van der Waals surface area contributed by atoms with E-state index in [-0.39, 0.29) is 17.4 Å². The number of carbonyl (C=O) groups excluding carboxylic acids is 1. The second kappa shape index (κ2) is 6.57. The summed E-state index contributed by atoms with van der Waals surface area (Å²) in [5, 5.41) is 0. The van der Waals surface area contributed by atoms with E-state index in [1.54, 1.807) is 37.4 Å². The van der Waals surface area contributed by atoms with Gasteiger partial charge in [-0.25, -0.2) is 4.39 Å². The van der Waals surface area contributed by atoms with Crippen molar-refractivity contribution in [3.63, 3.8) is 0 Å². The summed E-state index contributed by atoms with van der Waals surface area (Å²) in [5.41, 5.74) is 1.51. The van der Waals surface area contributed by atoms with Crippen LogP contribution >= 0.6 is 11.8 Å². The Hall–Kier alpha value is -1.81. The zero-order valence-corrected chi connectivity index (χ0v) is 12.2. The Morgan fingerprint density at radius 3 is 2.65 bits per heavy atom. The van der Waals surface area contributed by atoms with E-state index in [4.69, 9.17) is 4.74 Å². The van der Waals surface area contributed by atoms with Crippen LogP contribution in [0.25, 0.3) is 0 Å². The van der Waals surface area contributed by atoms with Gasteiger partial charge in [-0.1, -0.05) is 12.1 Å². The molecular weight excluding hydrogens is 275 g/mol. The first-order valence-corrected chi connectivity index (χ1v) is 7.15. The largest absolute Gasteiger partial charge is 0.497 e. The van der Waals surface area contributed by atoms with Gasteiger partial charge in [0.2, 0.25) is 0 Å². The molecule has 2 aromatic rings. The normalized spacial score (nSPS) is 10.3. The van der Waals surface area contributed by atoms with Crippen molar-refractivity contribution in [1.29, 1.82) is 0 Å². The Morgan fingerprint density at radius 1 is 1.25 bits per heavy atom. The molecular formula is C16H15FO2S. The number of methoxy groups -OCH3 is 1. The zero-order valence-electron chi connectivity index (χ0n) is 11.4. The van der Waals surface area contributed by atoms with Gasteiger partial charge in [-0.3, -0.25) is 4.79 Å². The van der Waals surface area contributed by atoms with Crippen LogP contribution in [0.15, 0.2) is 47.4 Å². The zero-order chi connectivity index (χ0) is 14.5. The van der Waals surface area contributed by atoms with E-state index < -0.39 is 0 Å². The first kappa shape index (κ1) is 14.6. The van der Waals surface area contributed by atoms with Crippen molar-refractivity contribution in [2.75, 3.05) is 12.9 Å². The van der Waals surface area contributed by atoms with Gasteiger partial charge in [-0.2, -0.15) is 0 Å². The molecule has 0 aliphatic rings. The van der Waals surface area contributed by atoms with E-state index >= 15 is 0 Å². The van der Waals surface area contributed by atoms with Crippen molar-refractivity contribution < 1.29 is 13.9 Å². The number of thioether (sulfide) groups is 1. The predicted molar refractivity (Wildman–Crippen MR) is 79.2 cm³/mol. The minimum atomic E-state index is -0.295. The molecule has 4 heteroatoms. The molecule has 0 aliphatic heterocycles. The Bertz CT molecular complexity index is 626. The summed E-state index contributed by atoms with van der Waals surface area (Å²) >= 11 is 1.21. The van der Waals surface area contributed by atoms with Crippen molar-refractivity contribution >= 4 is 17.5 Å². The number of ketones is 1. The van der Waals surface area contributed by atoms with Crippen LogP contribution in [0, 0.1) is 12.7 Å². The standard InChI is InChI=1S/C16H15FO2S/c1-11-9-12(19-2)7-8-13(11)15(18)10-20-16-6-4-3-5-14(16)17/h3-9H,10H2,1-2H3. The van der Waals surface area contributed by atoms with Crippen LogP contribution in [0.5, 0.6) is 5.75 Å². The number of hydrogen-bond acceptors (Lipinski definition) is 3. The molecule has 0 aliphatic carbocycles. The molecule has 2 rings (SSSR count). The van der Waals surface area contributed by atoms with Crippen molar-refractivity contribution in [3.8, 4) is 5.75 Å². The van der Waals surface area contributed by atoms with E-state index in [9.17, 15) is 9.18 Å². The fraction of sp³-hybridized carbons (Fsp3) is 0.188. The number of carbonyl (C=O) groups is 1. The molecule has 2 aromatic carbocycles. The van der Waals surface area contributed by atoms with Crippen LogP contribution < -0.4 is 4.74 Å². The van der Waals surface area contributed by atoms with Crippen LogP contribution in [0.2, 0.25) is 0 Å². The maximum atomic E-state index is 13.5. The molecule has 2 nitrogen and oxygen atoms in total. The lowest BCUT2D eigenvalue weighted by Crippen LogP contribution is -2.05. The number of hydrogen-bond donors (Lipinski definition) is 0. The lowest BCUT2D eigenvalue weighted by molar-refractivity contribution is 0.102. The molecule has 104 valence electrons.